The maximum absolute atomic E-state index is 10.8. The van der Waals surface area contributed by atoms with Crippen molar-refractivity contribution < 1.29 is 13.0 Å². The summed E-state index contributed by atoms with van der Waals surface area (Å²) in [5.74, 6) is 0. The van der Waals surface area contributed by atoms with Crippen LogP contribution in [0.4, 0.5) is 0 Å². The van der Waals surface area contributed by atoms with Crippen LogP contribution in [0.3, 0.4) is 0 Å². The smallest absolute Gasteiger partial charge is 0.271 e. The van der Waals surface area contributed by atoms with Crippen molar-refractivity contribution in [2.45, 2.75) is 19.1 Å². The second kappa shape index (κ2) is 3.47. The highest BCUT2D eigenvalue weighted by Crippen LogP contribution is 2.20. The molecule has 3 nitrogen and oxygen atoms in total. The van der Waals surface area contributed by atoms with Crippen molar-refractivity contribution in [1.29, 1.82) is 0 Å². The molecule has 0 radical (unpaired) electrons. The highest BCUT2D eigenvalue weighted by atomic mass is 32.2. The minimum absolute atomic E-state index is 0.613. The van der Waals surface area contributed by atoms with E-state index in [-0.39, 0.29) is 0 Å². The summed E-state index contributed by atoms with van der Waals surface area (Å²) < 4.78 is 30.4. The molecule has 0 aliphatic carbocycles. The van der Waals surface area contributed by atoms with Gasteiger partial charge in [-0.3, -0.25) is 4.55 Å². The second-order valence-corrected chi connectivity index (χ2v) is 4.81. The molecule has 0 saturated carbocycles. The van der Waals surface area contributed by atoms with E-state index < -0.39 is 15.4 Å². The van der Waals surface area contributed by atoms with Gasteiger partial charge in [0.05, 0.1) is 0 Å². The zero-order valence-corrected chi connectivity index (χ0v) is 8.38. The van der Waals surface area contributed by atoms with E-state index in [9.17, 15) is 8.42 Å². The van der Waals surface area contributed by atoms with Crippen molar-refractivity contribution >= 4 is 10.1 Å². The van der Waals surface area contributed by atoms with Crippen LogP contribution in [0, 0.1) is 6.92 Å². The van der Waals surface area contributed by atoms with Crippen molar-refractivity contribution in [3.63, 3.8) is 0 Å². The van der Waals surface area contributed by atoms with E-state index in [1.165, 1.54) is 6.92 Å². The Kier molecular flexibility index (Phi) is 2.73. The molecule has 1 aromatic rings. The predicted octanol–water partition coefficient (Wildman–Crippen LogP) is 1.94. The van der Waals surface area contributed by atoms with Crippen LogP contribution in [0.25, 0.3) is 0 Å². The summed E-state index contributed by atoms with van der Waals surface area (Å²) in [6, 6.07) is 7.08. The molecular weight excluding hydrogens is 188 g/mol. The SMILES string of the molecule is Cc1cccc([C@H](C)S(=O)(=O)O)c1. The minimum atomic E-state index is -3.97. The van der Waals surface area contributed by atoms with Crippen LogP contribution in [-0.2, 0) is 10.1 Å². The van der Waals surface area contributed by atoms with Crippen LogP contribution in [0.1, 0.15) is 23.3 Å². The number of rotatable bonds is 2. The molecule has 0 heterocycles. The molecule has 0 aliphatic heterocycles. The lowest BCUT2D eigenvalue weighted by Crippen LogP contribution is -2.08. The van der Waals surface area contributed by atoms with Crippen LogP contribution in [0.2, 0.25) is 0 Å². The molecule has 0 aromatic heterocycles. The van der Waals surface area contributed by atoms with Crippen LogP contribution in [0.15, 0.2) is 24.3 Å². The zero-order valence-electron chi connectivity index (χ0n) is 7.56. The monoisotopic (exact) mass is 200 g/mol. The van der Waals surface area contributed by atoms with Crippen molar-refractivity contribution in [2.75, 3.05) is 0 Å². The summed E-state index contributed by atoms with van der Waals surface area (Å²) in [5, 5.41) is -0.854. The Morgan fingerprint density at radius 2 is 2.00 bits per heavy atom. The van der Waals surface area contributed by atoms with Gasteiger partial charge in [-0.25, -0.2) is 0 Å². The second-order valence-electron chi connectivity index (χ2n) is 3.07. The normalized spacial score (nSPS) is 14.1. The number of hydrogen-bond acceptors (Lipinski definition) is 2. The maximum Gasteiger partial charge on any atom is 0.271 e. The fraction of sp³-hybridized carbons (Fsp3) is 0.333. The summed E-state index contributed by atoms with van der Waals surface area (Å²) in [7, 11) is -3.97. The van der Waals surface area contributed by atoms with E-state index in [0.29, 0.717) is 5.56 Å². The van der Waals surface area contributed by atoms with Gasteiger partial charge in [0.2, 0.25) is 0 Å². The van der Waals surface area contributed by atoms with Gasteiger partial charge in [-0.15, -0.1) is 0 Å². The van der Waals surface area contributed by atoms with Gasteiger partial charge >= 0.3 is 0 Å². The molecule has 1 atom stereocenters. The van der Waals surface area contributed by atoms with Gasteiger partial charge in [-0.2, -0.15) is 8.42 Å². The third-order valence-corrected chi connectivity index (χ3v) is 3.12. The lowest BCUT2D eigenvalue weighted by Gasteiger charge is -2.08. The average molecular weight is 200 g/mol. The van der Waals surface area contributed by atoms with E-state index >= 15 is 0 Å². The largest absolute Gasteiger partial charge is 0.285 e. The molecule has 0 amide bonds. The number of aryl methyl sites for hydroxylation is 1. The Bertz CT molecular complexity index is 395. The van der Waals surface area contributed by atoms with Gasteiger partial charge in [0.1, 0.15) is 5.25 Å². The Morgan fingerprint density at radius 1 is 1.38 bits per heavy atom. The van der Waals surface area contributed by atoms with Crippen molar-refractivity contribution in [3.05, 3.63) is 35.4 Å². The first-order chi connectivity index (χ1) is 5.91. The summed E-state index contributed by atoms with van der Waals surface area (Å²) in [6.45, 7) is 3.34. The number of hydrogen-bond donors (Lipinski definition) is 1. The first kappa shape index (κ1) is 10.2. The Balaban J connectivity index is 3.10. The van der Waals surface area contributed by atoms with Gasteiger partial charge in [0, 0.05) is 0 Å². The Labute approximate surface area is 78.2 Å². The third kappa shape index (κ3) is 2.54. The summed E-state index contributed by atoms with van der Waals surface area (Å²) in [5.41, 5.74) is 1.59. The maximum atomic E-state index is 10.8. The van der Waals surface area contributed by atoms with Gasteiger partial charge < -0.3 is 0 Å². The highest BCUT2D eigenvalue weighted by Gasteiger charge is 2.18. The number of benzene rings is 1. The van der Waals surface area contributed by atoms with Crippen molar-refractivity contribution in [3.8, 4) is 0 Å². The van der Waals surface area contributed by atoms with Crippen LogP contribution in [0.5, 0.6) is 0 Å². The van der Waals surface area contributed by atoms with Gasteiger partial charge in [-0.05, 0) is 19.4 Å². The molecule has 0 aliphatic rings. The molecule has 1 rings (SSSR count). The van der Waals surface area contributed by atoms with E-state index in [0.717, 1.165) is 5.56 Å². The van der Waals surface area contributed by atoms with E-state index in [1.54, 1.807) is 18.2 Å². The van der Waals surface area contributed by atoms with E-state index in [2.05, 4.69) is 0 Å². The molecule has 1 N–H and O–H groups in total. The van der Waals surface area contributed by atoms with Crippen LogP contribution >= 0.6 is 0 Å². The lowest BCUT2D eigenvalue weighted by atomic mass is 10.1. The summed E-state index contributed by atoms with van der Waals surface area (Å²) in [4.78, 5) is 0. The van der Waals surface area contributed by atoms with E-state index in [4.69, 9.17) is 4.55 Å². The average Bonchev–Trinajstić information content (AvgIpc) is 2.01. The third-order valence-electron chi connectivity index (χ3n) is 1.96. The first-order valence-electron chi connectivity index (χ1n) is 3.94. The minimum Gasteiger partial charge on any atom is -0.285 e. The van der Waals surface area contributed by atoms with Gasteiger partial charge in [0.15, 0.2) is 0 Å². The Hall–Kier alpha value is -0.870. The molecule has 0 fully saturated rings. The molecule has 0 unspecified atom stereocenters. The Morgan fingerprint density at radius 3 is 2.46 bits per heavy atom. The topological polar surface area (TPSA) is 54.4 Å². The highest BCUT2D eigenvalue weighted by molar-refractivity contribution is 7.86. The molecular formula is C9H12O3S. The van der Waals surface area contributed by atoms with Gasteiger partial charge in [0.25, 0.3) is 10.1 Å². The fourth-order valence-corrected chi connectivity index (χ4v) is 1.59. The molecule has 4 heteroatoms. The van der Waals surface area contributed by atoms with Gasteiger partial charge in [-0.1, -0.05) is 29.8 Å². The van der Waals surface area contributed by atoms with Crippen LogP contribution in [-0.4, -0.2) is 13.0 Å². The molecule has 0 bridgehead atoms. The molecule has 0 spiro atoms. The van der Waals surface area contributed by atoms with E-state index in [1.807, 2.05) is 13.0 Å². The first-order valence-corrected chi connectivity index (χ1v) is 5.44. The summed E-state index contributed by atoms with van der Waals surface area (Å²) >= 11 is 0. The standard InChI is InChI=1S/C9H12O3S/c1-7-4-3-5-9(6-7)8(2)13(10,11)12/h3-6,8H,1-2H3,(H,10,11,12)/t8-/m0/s1. The van der Waals surface area contributed by atoms with Crippen LogP contribution < -0.4 is 0 Å². The molecule has 1 aromatic carbocycles. The van der Waals surface area contributed by atoms with Crippen molar-refractivity contribution in [2.24, 2.45) is 0 Å². The molecule has 13 heavy (non-hydrogen) atoms. The zero-order chi connectivity index (χ0) is 10.1. The fourth-order valence-electron chi connectivity index (χ4n) is 1.09. The predicted molar refractivity (Wildman–Crippen MR) is 51.1 cm³/mol. The molecule has 0 saturated heterocycles. The molecule has 72 valence electrons. The van der Waals surface area contributed by atoms with Crippen molar-refractivity contribution in [1.82, 2.24) is 0 Å². The summed E-state index contributed by atoms with van der Waals surface area (Å²) in [6.07, 6.45) is 0. The quantitative estimate of drug-likeness (QED) is 0.742. The lowest BCUT2D eigenvalue weighted by molar-refractivity contribution is 0.472.